The fraction of sp³-hybridized carbons (Fsp3) is 0.500. The van der Waals surface area contributed by atoms with E-state index < -0.39 is 0 Å². The average molecular weight is 168 g/mol. The molecule has 0 fully saturated rings. The predicted molar refractivity (Wildman–Crippen MR) is 45.2 cm³/mol. The van der Waals surface area contributed by atoms with Crippen molar-refractivity contribution >= 4 is 5.78 Å². The molecule has 0 bridgehead atoms. The molecular formula is C8H12N2O2. The van der Waals surface area contributed by atoms with Crippen LogP contribution in [0.3, 0.4) is 0 Å². The van der Waals surface area contributed by atoms with Crippen LogP contribution < -0.4 is 5.56 Å². The van der Waals surface area contributed by atoms with E-state index in [1.54, 1.807) is 13.8 Å². The van der Waals surface area contributed by atoms with E-state index in [-0.39, 0.29) is 11.3 Å². The second kappa shape index (κ2) is 3.38. The molecule has 0 saturated heterocycles. The SMILES string of the molecule is CC(=O)CCc1[nH][nH]c(=O)c1C. The van der Waals surface area contributed by atoms with Crippen LogP contribution in [-0.2, 0) is 11.2 Å². The number of hydrogen-bond acceptors (Lipinski definition) is 2. The molecule has 0 aliphatic heterocycles. The third-order valence-corrected chi connectivity index (χ3v) is 1.85. The first-order chi connectivity index (χ1) is 5.61. The number of aromatic amines is 2. The number of ketones is 1. The summed E-state index contributed by atoms with van der Waals surface area (Å²) >= 11 is 0. The molecule has 1 aromatic rings. The Hall–Kier alpha value is -1.32. The average Bonchev–Trinajstić information content (AvgIpc) is 2.30. The highest BCUT2D eigenvalue weighted by atomic mass is 16.1. The number of H-pyrrole nitrogens is 2. The van der Waals surface area contributed by atoms with E-state index in [1.165, 1.54) is 0 Å². The summed E-state index contributed by atoms with van der Waals surface area (Å²) in [6.45, 7) is 3.28. The number of Topliss-reactive ketones (excluding diaryl/α,β-unsaturated/α-hetero) is 1. The van der Waals surface area contributed by atoms with Gasteiger partial charge in [0, 0.05) is 17.7 Å². The maximum Gasteiger partial charge on any atom is 0.267 e. The zero-order valence-electron chi connectivity index (χ0n) is 7.23. The van der Waals surface area contributed by atoms with Crippen molar-refractivity contribution in [2.24, 2.45) is 0 Å². The van der Waals surface area contributed by atoms with Gasteiger partial charge in [0.2, 0.25) is 0 Å². The van der Waals surface area contributed by atoms with E-state index in [1.807, 2.05) is 0 Å². The normalized spacial score (nSPS) is 10.2. The van der Waals surface area contributed by atoms with Gasteiger partial charge >= 0.3 is 0 Å². The molecule has 0 unspecified atom stereocenters. The summed E-state index contributed by atoms with van der Waals surface area (Å²) in [5.41, 5.74) is 1.40. The Balaban J connectivity index is 2.70. The molecule has 0 radical (unpaired) electrons. The topological polar surface area (TPSA) is 65.7 Å². The second-order valence-electron chi connectivity index (χ2n) is 2.88. The molecule has 0 spiro atoms. The highest BCUT2D eigenvalue weighted by Crippen LogP contribution is 2.01. The van der Waals surface area contributed by atoms with E-state index in [0.29, 0.717) is 18.4 Å². The molecule has 4 heteroatoms. The largest absolute Gasteiger partial charge is 0.302 e. The molecule has 0 amide bonds. The Morgan fingerprint density at radius 3 is 2.50 bits per heavy atom. The van der Waals surface area contributed by atoms with Crippen molar-refractivity contribution in [2.75, 3.05) is 0 Å². The van der Waals surface area contributed by atoms with Gasteiger partial charge in [-0.15, -0.1) is 0 Å². The zero-order valence-corrected chi connectivity index (χ0v) is 7.23. The van der Waals surface area contributed by atoms with E-state index in [0.717, 1.165) is 5.69 Å². The van der Waals surface area contributed by atoms with Crippen molar-refractivity contribution in [1.82, 2.24) is 10.2 Å². The van der Waals surface area contributed by atoms with Gasteiger partial charge in [-0.25, -0.2) is 0 Å². The summed E-state index contributed by atoms with van der Waals surface area (Å²) in [5.74, 6) is 0.136. The van der Waals surface area contributed by atoms with Gasteiger partial charge in [0.25, 0.3) is 5.56 Å². The first kappa shape index (κ1) is 8.77. The summed E-state index contributed by atoms with van der Waals surface area (Å²) < 4.78 is 0. The minimum atomic E-state index is -0.103. The predicted octanol–water partition coefficient (Wildman–Crippen LogP) is 0.533. The molecule has 0 aliphatic rings. The van der Waals surface area contributed by atoms with Gasteiger partial charge in [0.1, 0.15) is 5.78 Å². The van der Waals surface area contributed by atoms with Crippen molar-refractivity contribution in [1.29, 1.82) is 0 Å². The number of hydrogen-bond donors (Lipinski definition) is 2. The molecule has 0 aromatic carbocycles. The van der Waals surface area contributed by atoms with Crippen molar-refractivity contribution < 1.29 is 4.79 Å². The molecule has 66 valence electrons. The lowest BCUT2D eigenvalue weighted by Gasteiger charge is -1.94. The number of aromatic nitrogens is 2. The Kier molecular flexibility index (Phi) is 2.47. The van der Waals surface area contributed by atoms with E-state index in [2.05, 4.69) is 10.2 Å². The van der Waals surface area contributed by atoms with Gasteiger partial charge in [0.15, 0.2) is 0 Å². The molecule has 4 nitrogen and oxygen atoms in total. The maximum atomic E-state index is 10.9. The first-order valence-corrected chi connectivity index (χ1v) is 3.87. The Labute approximate surface area is 70.0 Å². The van der Waals surface area contributed by atoms with Crippen LogP contribution in [-0.4, -0.2) is 16.0 Å². The summed E-state index contributed by atoms with van der Waals surface area (Å²) in [6.07, 6.45) is 1.09. The zero-order chi connectivity index (χ0) is 9.14. The second-order valence-corrected chi connectivity index (χ2v) is 2.88. The van der Waals surface area contributed by atoms with Crippen LogP contribution >= 0.6 is 0 Å². The molecular weight excluding hydrogens is 156 g/mol. The molecule has 1 heterocycles. The van der Waals surface area contributed by atoms with Gasteiger partial charge in [-0.05, 0) is 20.3 Å². The number of carbonyl (C=O) groups is 1. The summed E-state index contributed by atoms with van der Waals surface area (Å²) in [5, 5.41) is 5.21. The van der Waals surface area contributed by atoms with Gasteiger partial charge in [-0.3, -0.25) is 9.89 Å². The number of nitrogens with one attached hydrogen (secondary N) is 2. The third kappa shape index (κ3) is 1.84. The smallest absolute Gasteiger partial charge is 0.267 e. The van der Waals surface area contributed by atoms with Crippen LogP contribution in [0.1, 0.15) is 24.6 Å². The Bertz CT molecular complexity index is 335. The Morgan fingerprint density at radius 2 is 2.08 bits per heavy atom. The van der Waals surface area contributed by atoms with Crippen molar-refractivity contribution in [2.45, 2.75) is 26.7 Å². The standard InChI is InChI=1S/C8H12N2O2/c1-5(11)3-4-7-6(2)8(12)10-9-7/h3-4H2,1-2H3,(H2,9,10,12). The lowest BCUT2D eigenvalue weighted by molar-refractivity contribution is -0.116. The minimum absolute atomic E-state index is 0.103. The summed E-state index contributed by atoms with van der Waals surface area (Å²) in [4.78, 5) is 21.5. The highest BCUT2D eigenvalue weighted by molar-refractivity contribution is 5.75. The highest BCUT2D eigenvalue weighted by Gasteiger charge is 2.04. The van der Waals surface area contributed by atoms with Crippen LogP contribution in [0.25, 0.3) is 0 Å². The Morgan fingerprint density at radius 1 is 1.42 bits per heavy atom. The molecule has 0 saturated carbocycles. The van der Waals surface area contributed by atoms with Gasteiger partial charge in [-0.1, -0.05) is 0 Å². The van der Waals surface area contributed by atoms with Gasteiger partial charge in [0.05, 0.1) is 0 Å². The molecule has 12 heavy (non-hydrogen) atoms. The van der Waals surface area contributed by atoms with Crippen molar-refractivity contribution in [3.8, 4) is 0 Å². The molecule has 1 rings (SSSR count). The van der Waals surface area contributed by atoms with Crippen LogP contribution in [0.5, 0.6) is 0 Å². The number of rotatable bonds is 3. The fourth-order valence-electron chi connectivity index (χ4n) is 1.01. The lowest BCUT2D eigenvalue weighted by Crippen LogP contribution is -2.02. The lowest BCUT2D eigenvalue weighted by atomic mass is 10.1. The third-order valence-electron chi connectivity index (χ3n) is 1.85. The van der Waals surface area contributed by atoms with E-state index in [4.69, 9.17) is 0 Å². The van der Waals surface area contributed by atoms with Crippen LogP contribution in [0.15, 0.2) is 4.79 Å². The quantitative estimate of drug-likeness (QED) is 0.691. The molecule has 0 atom stereocenters. The first-order valence-electron chi connectivity index (χ1n) is 3.87. The molecule has 1 aromatic heterocycles. The fourth-order valence-corrected chi connectivity index (χ4v) is 1.01. The minimum Gasteiger partial charge on any atom is -0.302 e. The number of carbonyl (C=O) groups excluding carboxylic acids is 1. The summed E-state index contributed by atoms with van der Waals surface area (Å²) in [7, 11) is 0. The molecule has 0 aliphatic carbocycles. The molecule has 2 N–H and O–H groups in total. The van der Waals surface area contributed by atoms with Crippen LogP contribution in [0.2, 0.25) is 0 Å². The van der Waals surface area contributed by atoms with Gasteiger partial charge in [-0.2, -0.15) is 0 Å². The van der Waals surface area contributed by atoms with E-state index in [9.17, 15) is 9.59 Å². The van der Waals surface area contributed by atoms with Crippen molar-refractivity contribution in [3.63, 3.8) is 0 Å². The maximum absolute atomic E-state index is 10.9. The monoisotopic (exact) mass is 168 g/mol. The van der Waals surface area contributed by atoms with Crippen molar-refractivity contribution in [3.05, 3.63) is 21.6 Å². The van der Waals surface area contributed by atoms with Crippen LogP contribution in [0, 0.1) is 6.92 Å². The number of aryl methyl sites for hydroxylation is 1. The van der Waals surface area contributed by atoms with Gasteiger partial charge < -0.3 is 9.89 Å². The summed E-state index contributed by atoms with van der Waals surface area (Å²) in [6, 6.07) is 0. The van der Waals surface area contributed by atoms with E-state index >= 15 is 0 Å². The van der Waals surface area contributed by atoms with Crippen LogP contribution in [0.4, 0.5) is 0 Å².